The average molecular weight is 318 g/mol. The molecule has 0 radical (unpaired) electrons. The van der Waals surface area contributed by atoms with E-state index in [-0.39, 0.29) is 11.8 Å². The fourth-order valence-corrected chi connectivity index (χ4v) is 2.44. The zero-order chi connectivity index (χ0) is 16.1. The Kier molecular flexibility index (Phi) is 5.39. The van der Waals surface area contributed by atoms with Crippen molar-refractivity contribution in [3.8, 4) is 0 Å². The predicted octanol–water partition coefficient (Wildman–Crippen LogP) is 3.32. The molecule has 1 amide bonds. The van der Waals surface area contributed by atoms with Gasteiger partial charge in [0.1, 0.15) is 5.15 Å². The Morgan fingerprint density at radius 2 is 2.09 bits per heavy atom. The molecule has 2 rings (SSSR count). The number of hydrogen-bond acceptors (Lipinski definition) is 2. The Morgan fingerprint density at radius 3 is 2.68 bits per heavy atom. The Labute approximate surface area is 135 Å². The van der Waals surface area contributed by atoms with Crippen LogP contribution in [0.5, 0.6) is 0 Å². The number of rotatable bonds is 5. The molecule has 1 heterocycles. The summed E-state index contributed by atoms with van der Waals surface area (Å²) < 4.78 is 1.59. The number of hydrogen-bond donors (Lipinski definition) is 1. The summed E-state index contributed by atoms with van der Waals surface area (Å²) in [6.07, 6.45) is 3.20. The van der Waals surface area contributed by atoms with Crippen LogP contribution < -0.4 is 5.32 Å². The molecule has 5 heteroatoms. The first-order chi connectivity index (χ1) is 10.5. The molecular formula is C17H20ClN3O. The highest BCUT2D eigenvalue weighted by molar-refractivity contribution is 6.31. The van der Waals surface area contributed by atoms with E-state index in [1.807, 2.05) is 25.1 Å². The molecule has 0 spiro atoms. The van der Waals surface area contributed by atoms with Crippen molar-refractivity contribution >= 4 is 23.6 Å². The molecule has 1 atom stereocenters. The van der Waals surface area contributed by atoms with E-state index in [4.69, 9.17) is 11.6 Å². The Hall–Kier alpha value is -2.07. The highest BCUT2D eigenvalue weighted by atomic mass is 35.5. The number of carbonyl (C=O) groups is 1. The van der Waals surface area contributed by atoms with Crippen molar-refractivity contribution in [2.75, 3.05) is 6.54 Å². The number of aromatic nitrogens is 2. The number of nitrogens with one attached hydrogen (secondary N) is 1. The molecule has 1 N–H and O–H groups in total. The number of nitrogens with zero attached hydrogens (tertiary/aromatic N) is 2. The highest BCUT2D eigenvalue weighted by Crippen LogP contribution is 2.19. The molecule has 1 aromatic heterocycles. The van der Waals surface area contributed by atoms with Gasteiger partial charge in [-0.1, -0.05) is 48.9 Å². The molecule has 0 aliphatic heterocycles. The van der Waals surface area contributed by atoms with Gasteiger partial charge in [0.15, 0.2) is 0 Å². The molecule has 0 saturated heterocycles. The van der Waals surface area contributed by atoms with Crippen molar-refractivity contribution in [2.45, 2.75) is 19.8 Å². The van der Waals surface area contributed by atoms with Crippen LogP contribution in [0.2, 0.25) is 5.15 Å². The van der Waals surface area contributed by atoms with Gasteiger partial charge in [0.2, 0.25) is 5.91 Å². The van der Waals surface area contributed by atoms with Gasteiger partial charge in [0, 0.05) is 25.2 Å². The summed E-state index contributed by atoms with van der Waals surface area (Å²) in [7, 11) is 1.77. The number of amides is 1. The quantitative estimate of drug-likeness (QED) is 0.860. The van der Waals surface area contributed by atoms with Crippen LogP contribution in [0.4, 0.5) is 0 Å². The molecule has 22 heavy (non-hydrogen) atoms. The van der Waals surface area contributed by atoms with E-state index in [9.17, 15) is 4.79 Å². The summed E-state index contributed by atoms with van der Waals surface area (Å²) in [6.45, 7) is 4.54. The summed E-state index contributed by atoms with van der Waals surface area (Å²) >= 11 is 6.12. The molecule has 1 aromatic carbocycles. The van der Waals surface area contributed by atoms with E-state index in [1.165, 1.54) is 11.6 Å². The lowest BCUT2D eigenvalue weighted by Gasteiger charge is -2.11. The zero-order valence-corrected chi connectivity index (χ0v) is 13.8. The minimum Gasteiger partial charge on any atom is -0.352 e. The molecule has 0 aliphatic rings. The maximum Gasteiger partial charge on any atom is 0.244 e. The van der Waals surface area contributed by atoms with E-state index < -0.39 is 0 Å². The highest BCUT2D eigenvalue weighted by Gasteiger charge is 2.09. The normalized spacial score (nSPS) is 12.5. The van der Waals surface area contributed by atoms with Crippen LogP contribution >= 0.6 is 11.6 Å². The predicted molar refractivity (Wildman–Crippen MR) is 89.9 cm³/mol. The second kappa shape index (κ2) is 7.27. The van der Waals surface area contributed by atoms with E-state index in [2.05, 4.69) is 29.5 Å². The minimum atomic E-state index is -0.137. The van der Waals surface area contributed by atoms with Crippen LogP contribution in [0.25, 0.3) is 6.08 Å². The lowest BCUT2D eigenvalue weighted by atomic mass is 10.0. The molecule has 116 valence electrons. The Bertz CT molecular complexity index is 677. The zero-order valence-electron chi connectivity index (χ0n) is 13.0. The van der Waals surface area contributed by atoms with Gasteiger partial charge in [-0.05, 0) is 24.5 Å². The molecule has 0 fully saturated rings. The van der Waals surface area contributed by atoms with Crippen molar-refractivity contribution in [1.82, 2.24) is 15.1 Å². The molecule has 0 aliphatic carbocycles. The maximum absolute atomic E-state index is 11.9. The Morgan fingerprint density at radius 1 is 1.41 bits per heavy atom. The van der Waals surface area contributed by atoms with Crippen LogP contribution in [-0.2, 0) is 11.8 Å². The number of aryl methyl sites for hydroxylation is 2. The monoisotopic (exact) mass is 317 g/mol. The standard InChI is InChI=1S/C17H20ClN3O/c1-12(14-7-5-4-6-8-14)11-19-16(22)10-9-15-13(2)20-21(3)17(15)18/h4-10,12H,11H2,1-3H3,(H,19,22)/b10-9+. The molecule has 1 unspecified atom stereocenters. The molecule has 0 bridgehead atoms. The lowest BCUT2D eigenvalue weighted by Crippen LogP contribution is -2.25. The molecular weight excluding hydrogens is 298 g/mol. The Balaban J connectivity index is 1.92. The van der Waals surface area contributed by atoms with Gasteiger partial charge in [-0.2, -0.15) is 5.10 Å². The van der Waals surface area contributed by atoms with Gasteiger partial charge in [0.25, 0.3) is 0 Å². The first-order valence-corrected chi connectivity index (χ1v) is 7.56. The molecule has 4 nitrogen and oxygen atoms in total. The molecule has 2 aromatic rings. The third kappa shape index (κ3) is 3.98. The first-order valence-electron chi connectivity index (χ1n) is 7.19. The van der Waals surface area contributed by atoms with Crippen LogP contribution in [0.3, 0.4) is 0 Å². The second-order valence-electron chi connectivity index (χ2n) is 5.30. The lowest BCUT2D eigenvalue weighted by molar-refractivity contribution is -0.116. The van der Waals surface area contributed by atoms with Gasteiger partial charge in [-0.25, -0.2) is 0 Å². The van der Waals surface area contributed by atoms with E-state index >= 15 is 0 Å². The SMILES string of the molecule is Cc1nn(C)c(Cl)c1/C=C/C(=O)NCC(C)c1ccccc1. The van der Waals surface area contributed by atoms with Crippen LogP contribution in [0.15, 0.2) is 36.4 Å². The summed E-state index contributed by atoms with van der Waals surface area (Å²) in [4.78, 5) is 11.9. The maximum atomic E-state index is 11.9. The fraction of sp³-hybridized carbons (Fsp3) is 0.294. The number of carbonyl (C=O) groups excluding carboxylic acids is 1. The number of halogens is 1. The summed E-state index contributed by atoms with van der Waals surface area (Å²) in [5.41, 5.74) is 2.78. The summed E-state index contributed by atoms with van der Waals surface area (Å²) in [5, 5.41) is 7.63. The minimum absolute atomic E-state index is 0.137. The van der Waals surface area contributed by atoms with Gasteiger partial charge < -0.3 is 5.32 Å². The van der Waals surface area contributed by atoms with Crippen molar-refractivity contribution in [2.24, 2.45) is 7.05 Å². The van der Waals surface area contributed by atoms with Gasteiger partial charge >= 0.3 is 0 Å². The van der Waals surface area contributed by atoms with Crippen molar-refractivity contribution in [3.63, 3.8) is 0 Å². The summed E-state index contributed by atoms with van der Waals surface area (Å²) in [5.74, 6) is 0.129. The van der Waals surface area contributed by atoms with E-state index in [1.54, 1.807) is 17.8 Å². The van der Waals surface area contributed by atoms with E-state index in [0.29, 0.717) is 11.7 Å². The van der Waals surface area contributed by atoms with Gasteiger partial charge in [-0.15, -0.1) is 0 Å². The smallest absolute Gasteiger partial charge is 0.244 e. The second-order valence-corrected chi connectivity index (χ2v) is 5.66. The van der Waals surface area contributed by atoms with Gasteiger partial charge in [0.05, 0.1) is 5.69 Å². The topological polar surface area (TPSA) is 46.9 Å². The van der Waals surface area contributed by atoms with Crippen molar-refractivity contribution < 1.29 is 4.79 Å². The third-order valence-electron chi connectivity index (χ3n) is 3.55. The van der Waals surface area contributed by atoms with Crippen LogP contribution in [0.1, 0.15) is 29.7 Å². The number of benzene rings is 1. The van der Waals surface area contributed by atoms with Gasteiger partial charge in [-0.3, -0.25) is 9.48 Å². The van der Waals surface area contributed by atoms with Crippen molar-refractivity contribution in [3.05, 3.63) is 58.4 Å². The fourth-order valence-electron chi connectivity index (χ4n) is 2.21. The van der Waals surface area contributed by atoms with Crippen LogP contribution in [0, 0.1) is 6.92 Å². The first kappa shape index (κ1) is 16.3. The van der Waals surface area contributed by atoms with E-state index in [0.717, 1.165) is 11.3 Å². The third-order valence-corrected chi connectivity index (χ3v) is 4.00. The van der Waals surface area contributed by atoms with Crippen molar-refractivity contribution in [1.29, 1.82) is 0 Å². The summed E-state index contributed by atoms with van der Waals surface area (Å²) in [6, 6.07) is 10.1. The largest absolute Gasteiger partial charge is 0.352 e. The molecule has 0 saturated carbocycles. The van der Waals surface area contributed by atoms with Crippen LogP contribution in [-0.4, -0.2) is 22.2 Å². The average Bonchev–Trinajstić information content (AvgIpc) is 2.76.